The number of allylic oxidation sites excluding steroid dienone is 6. The van der Waals surface area contributed by atoms with Crippen molar-refractivity contribution in [2.45, 2.75) is 19.9 Å². The molecule has 0 bridgehead atoms. The summed E-state index contributed by atoms with van der Waals surface area (Å²) < 4.78 is 0. The van der Waals surface area contributed by atoms with Crippen molar-refractivity contribution < 1.29 is 9.59 Å². The van der Waals surface area contributed by atoms with Crippen LogP contribution in [0.4, 0.5) is 0 Å². The summed E-state index contributed by atoms with van der Waals surface area (Å²) in [6.45, 7) is 3.98. The maximum Gasteiger partial charge on any atom is 0.188 e. The van der Waals surface area contributed by atoms with Gasteiger partial charge in [0.15, 0.2) is 11.6 Å². The molecule has 2 rings (SSSR count). The Balaban J connectivity index is 2.59. The molecule has 0 radical (unpaired) electrons. The smallest absolute Gasteiger partial charge is 0.188 e. The van der Waals surface area contributed by atoms with E-state index in [0.29, 0.717) is 22.5 Å². The normalized spacial score (nSPS) is 18.7. The van der Waals surface area contributed by atoms with Crippen LogP contribution < -0.4 is 10.6 Å². The van der Waals surface area contributed by atoms with Crippen LogP contribution in [0.15, 0.2) is 46.8 Å². The molecule has 0 aromatic rings. The lowest BCUT2D eigenvalue weighted by atomic mass is 9.86. The highest BCUT2D eigenvalue weighted by molar-refractivity contribution is 6.23. The standard InChI is InChI=1S/C14H16N2O2/c1-8(2)16-10-5-7-11(17)13-9(15-3)4-6-12(18)14(10)13/h4-8,15-16H,1-3H3. The van der Waals surface area contributed by atoms with Crippen LogP contribution in [0.1, 0.15) is 13.8 Å². The number of likely N-dealkylation sites (N-methyl/N-ethyl adjacent to an activating group) is 1. The summed E-state index contributed by atoms with van der Waals surface area (Å²) in [5.41, 5.74) is 2.31. The summed E-state index contributed by atoms with van der Waals surface area (Å²) in [4.78, 5) is 23.9. The molecule has 2 aliphatic rings. The van der Waals surface area contributed by atoms with E-state index in [9.17, 15) is 9.59 Å². The van der Waals surface area contributed by atoms with Crippen LogP contribution in [0.25, 0.3) is 0 Å². The van der Waals surface area contributed by atoms with Gasteiger partial charge in [-0.15, -0.1) is 0 Å². The van der Waals surface area contributed by atoms with Crippen molar-refractivity contribution in [1.82, 2.24) is 10.6 Å². The van der Waals surface area contributed by atoms with Gasteiger partial charge < -0.3 is 10.6 Å². The summed E-state index contributed by atoms with van der Waals surface area (Å²) in [6.07, 6.45) is 6.29. The van der Waals surface area contributed by atoms with Crippen LogP contribution in [0.2, 0.25) is 0 Å². The van der Waals surface area contributed by atoms with Crippen LogP contribution in [0, 0.1) is 0 Å². The van der Waals surface area contributed by atoms with E-state index in [1.54, 1.807) is 19.2 Å². The zero-order valence-corrected chi connectivity index (χ0v) is 10.7. The molecule has 0 saturated carbocycles. The lowest BCUT2D eigenvalue weighted by Gasteiger charge is -2.23. The number of carbonyl (C=O) groups is 2. The third kappa shape index (κ3) is 2.01. The van der Waals surface area contributed by atoms with Gasteiger partial charge in [-0.05, 0) is 38.2 Å². The van der Waals surface area contributed by atoms with Gasteiger partial charge in [0, 0.05) is 24.5 Å². The molecule has 0 spiro atoms. The summed E-state index contributed by atoms with van der Waals surface area (Å²) in [5.74, 6) is -0.272. The fourth-order valence-electron chi connectivity index (χ4n) is 2.07. The van der Waals surface area contributed by atoms with Crippen molar-refractivity contribution in [2.75, 3.05) is 7.05 Å². The quantitative estimate of drug-likeness (QED) is 0.777. The fraction of sp³-hybridized carbons (Fsp3) is 0.286. The van der Waals surface area contributed by atoms with Gasteiger partial charge in [-0.1, -0.05) is 0 Å². The Kier molecular flexibility index (Phi) is 3.19. The van der Waals surface area contributed by atoms with Gasteiger partial charge in [-0.3, -0.25) is 9.59 Å². The maximum absolute atomic E-state index is 12.0. The minimum atomic E-state index is -0.138. The van der Waals surface area contributed by atoms with Gasteiger partial charge in [-0.25, -0.2) is 0 Å². The number of ketones is 2. The van der Waals surface area contributed by atoms with E-state index in [4.69, 9.17) is 0 Å². The van der Waals surface area contributed by atoms with Crippen molar-refractivity contribution in [2.24, 2.45) is 0 Å². The summed E-state index contributed by atoms with van der Waals surface area (Å²) in [6, 6.07) is 0.198. The van der Waals surface area contributed by atoms with E-state index >= 15 is 0 Å². The predicted octanol–water partition coefficient (Wildman–Crippen LogP) is 0.990. The molecule has 0 atom stereocenters. The van der Waals surface area contributed by atoms with Gasteiger partial charge in [0.1, 0.15) is 0 Å². The van der Waals surface area contributed by atoms with Gasteiger partial charge >= 0.3 is 0 Å². The molecular formula is C14H16N2O2. The van der Waals surface area contributed by atoms with E-state index in [1.807, 2.05) is 13.8 Å². The zero-order chi connectivity index (χ0) is 13.3. The summed E-state index contributed by atoms with van der Waals surface area (Å²) in [7, 11) is 1.74. The monoisotopic (exact) mass is 244 g/mol. The SMILES string of the molecule is CNC1=C2C(=O)C=CC(NC(C)C)=C2C(=O)C=C1. The second-order valence-corrected chi connectivity index (χ2v) is 4.52. The molecule has 0 amide bonds. The molecule has 0 fully saturated rings. The number of rotatable bonds is 3. The number of hydrogen-bond donors (Lipinski definition) is 2. The first-order valence-corrected chi connectivity index (χ1v) is 5.92. The van der Waals surface area contributed by atoms with E-state index in [1.165, 1.54) is 12.2 Å². The third-order valence-electron chi connectivity index (χ3n) is 2.80. The topological polar surface area (TPSA) is 58.2 Å². The zero-order valence-electron chi connectivity index (χ0n) is 10.7. The molecule has 0 aromatic heterocycles. The fourth-order valence-corrected chi connectivity index (χ4v) is 2.07. The number of carbonyl (C=O) groups excluding carboxylic acids is 2. The van der Waals surface area contributed by atoms with E-state index in [-0.39, 0.29) is 17.6 Å². The average molecular weight is 244 g/mol. The highest BCUT2D eigenvalue weighted by atomic mass is 16.1. The molecule has 0 aromatic carbocycles. The van der Waals surface area contributed by atoms with Gasteiger partial charge in [-0.2, -0.15) is 0 Å². The second-order valence-electron chi connectivity index (χ2n) is 4.52. The summed E-state index contributed by atoms with van der Waals surface area (Å²) >= 11 is 0. The van der Waals surface area contributed by atoms with E-state index in [2.05, 4.69) is 10.6 Å². The molecule has 2 N–H and O–H groups in total. The van der Waals surface area contributed by atoms with Crippen molar-refractivity contribution in [1.29, 1.82) is 0 Å². The van der Waals surface area contributed by atoms with E-state index < -0.39 is 0 Å². The number of hydrogen-bond acceptors (Lipinski definition) is 4. The van der Waals surface area contributed by atoms with Gasteiger partial charge in [0.2, 0.25) is 0 Å². The first-order chi connectivity index (χ1) is 8.54. The second kappa shape index (κ2) is 4.64. The minimum absolute atomic E-state index is 0.134. The van der Waals surface area contributed by atoms with Crippen LogP contribution in [0.5, 0.6) is 0 Å². The van der Waals surface area contributed by atoms with Crippen molar-refractivity contribution >= 4 is 11.6 Å². The maximum atomic E-state index is 12.0. The van der Waals surface area contributed by atoms with Crippen LogP contribution >= 0.6 is 0 Å². The lowest BCUT2D eigenvalue weighted by Crippen LogP contribution is -2.30. The molecule has 18 heavy (non-hydrogen) atoms. The molecule has 4 nitrogen and oxygen atoms in total. The van der Waals surface area contributed by atoms with Crippen molar-refractivity contribution in [3.63, 3.8) is 0 Å². The van der Waals surface area contributed by atoms with Gasteiger partial charge in [0.25, 0.3) is 0 Å². The minimum Gasteiger partial charge on any atom is -0.388 e. The first-order valence-electron chi connectivity index (χ1n) is 5.92. The largest absolute Gasteiger partial charge is 0.388 e. The summed E-state index contributed by atoms with van der Waals surface area (Å²) in [5, 5.41) is 6.15. The number of fused-ring (bicyclic) bond motifs is 1. The molecule has 0 unspecified atom stereocenters. The Labute approximate surface area is 106 Å². The Morgan fingerprint density at radius 3 is 1.89 bits per heavy atom. The van der Waals surface area contributed by atoms with Gasteiger partial charge in [0.05, 0.1) is 11.1 Å². The highest BCUT2D eigenvalue weighted by Crippen LogP contribution is 2.28. The Hall–Kier alpha value is -2.10. The predicted molar refractivity (Wildman–Crippen MR) is 69.7 cm³/mol. The third-order valence-corrected chi connectivity index (χ3v) is 2.80. The molecule has 0 saturated heterocycles. The number of nitrogens with one attached hydrogen (secondary N) is 2. The first kappa shape index (κ1) is 12.4. The van der Waals surface area contributed by atoms with Crippen LogP contribution in [0.3, 0.4) is 0 Å². The average Bonchev–Trinajstić information content (AvgIpc) is 2.32. The van der Waals surface area contributed by atoms with Crippen LogP contribution in [-0.2, 0) is 9.59 Å². The van der Waals surface area contributed by atoms with Crippen molar-refractivity contribution in [3.05, 3.63) is 46.8 Å². The van der Waals surface area contributed by atoms with E-state index in [0.717, 1.165) is 0 Å². The molecule has 0 heterocycles. The Morgan fingerprint density at radius 2 is 1.39 bits per heavy atom. The molecule has 2 aliphatic carbocycles. The molecular weight excluding hydrogens is 228 g/mol. The lowest BCUT2D eigenvalue weighted by molar-refractivity contribution is -0.114. The molecule has 94 valence electrons. The Bertz CT molecular complexity index is 534. The van der Waals surface area contributed by atoms with Crippen LogP contribution in [-0.4, -0.2) is 24.7 Å². The highest BCUT2D eigenvalue weighted by Gasteiger charge is 2.29. The van der Waals surface area contributed by atoms with Crippen molar-refractivity contribution in [3.8, 4) is 0 Å². The molecule has 4 heteroatoms. The molecule has 0 aliphatic heterocycles. The Morgan fingerprint density at radius 1 is 0.889 bits per heavy atom.